The number of hydrogen-bond acceptors (Lipinski definition) is 3. The number of rotatable bonds is 5. The summed E-state index contributed by atoms with van der Waals surface area (Å²) < 4.78 is 5.49. The van der Waals surface area contributed by atoms with E-state index in [2.05, 4.69) is 6.92 Å². The second kappa shape index (κ2) is 8.38. The van der Waals surface area contributed by atoms with Crippen molar-refractivity contribution in [1.82, 2.24) is 0 Å². The van der Waals surface area contributed by atoms with Gasteiger partial charge >= 0.3 is 5.97 Å². The molecule has 1 aliphatic rings. The molecule has 0 unspecified atom stereocenters. The van der Waals surface area contributed by atoms with Crippen LogP contribution in [-0.4, -0.2) is 5.97 Å². The summed E-state index contributed by atoms with van der Waals surface area (Å²) in [5.41, 5.74) is 1.27. The van der Waals surface area contributed by atoms with Gasteiger partial charge in [-0.1, -0.05) is 31.6 Å². The van der Waals surface area contributed by atoms with Gasteiger partial charge in [-0.25, -0.2) is 0 Å². The molecule has 0 heterocycles. The molecule has 0 atom stereocenters. The Bertz CT molecular complexity index is 546. The van der Waals surface area contributed by atoms with Gasteiger partial charge in [0.05, 0.1) is 12.0 Å². The van der Waals surface area contributed by atoms with E-state index in [-0.39, 0.29) is 11.9 Å². The van der Waals surface area contributed by atoms with Crippen LogP contribution in [0.1, 0.15) is 44.6 Å². The third kappa shape index (κ3) is 4.73. The Morgan fingerprint density at radius 1 is 1.27 bits per heavy atom. The van der Waals surface area contributed by atoms with Crippen molar-refractivity contribution in [3.8, 4) is 11.8 Å². The molecule has 0 spiro atoms. The smallest absolute Gasteiger partial charge is 0.314 e. The van der Waals surface area contributed by atoms with Crippen molar-refractivity contribution in [3.05, 3.63) is 42.0 Å². The summed E-state index contributed by atoms with van der Waals surface area (Å²) in [7, 11) is 0. The number of esters is 1. The number of allylic oxidation sites excluding steroid dienone is 2. The lowest BCUT2D eigenvalue weighted by Crippen LogP contribution is -2.25. The standard InChI is InChI=1S/C19H23NO2/c1-2-4-15-8-12-18(13-9-15)22-19(21)17-10-6-16(7-11-17)5-3-14-20/h3,5,8-9,12-13,16-17H,2,4,6-7,10-11H2,1H3. The molecule has 0 bridgehead atoms. The van der Waals surface area contributed by atoms with Gasteiger partial charge in [-0.05, 0) is 55.7 Å². The molecule has 0 saturated heterocycles. The number of nitriles is 1. The first kappa shape index (κ1) is 16.3. The summed E-state index contributed by atoms with van der Waals surface area (Å²) >= 11 is 0. The van der Waals surface area contributed by atoms with Crippen molar-refractivity contribution in [1.29, 1.82) is 5.26 Å². The van der Waals surface area contributed by atoms with Crippen molar-refractivity contribution < 1.29 is 9.53 Å². The van der Waals surface area contributed by atoms with Crippen LogP contribution in [0.5, 0.6) is 5.75 Å². The molecule has 22 heavy (non-hydrogen) atoms. The Balaban J connectivity index is 1.83. The Hall–Kier alpha value is -2.08. The fraction of sp³-hybridized carbons (Fsp3) is 0.474. The highest BCUT2D eigenvalue weighted by molar-refractivity contribution is 5.75. The lowest BCUT2D eigenvalue weighted by atomic mass is 9.82. The van der Waals surface area contributed by atoms with E-state index in [0.717, 1.165) is 38.5 Å². The average molecular weight is 297 g/mol. The Kier molecular flexibility index (Phi) is 6.21. The van der Waals surface area contributed by atoms with Crippen LogP contribution in [0.15, 0.2) is 36.4 Å². The van der Waals surface area contributed by atoms with Gasteiger partial charge in [0.25, 0.3) is 0 Å². The van der Waals surface area contributed by atoms with E-state index in [1.54, 1.807) is 6.08 Å². The number of carbonyl (C=O) groups is 1. The molecule has 116 valence electrons. The Labute approximate surface area is 132 Å². The van der Waals surface area contributed by atoms with E-state index >= 15 is 0 Å². The molecule has 1 aromatic carbocycles. The molecular formula is C19H23NO2. The summed E-state index contributed by atoms with van der Waals surface area (Å²) in [4.78, 5) is 12.2. The molecule has 0 radical (unpaired) electrons. The monoisotopic (exact) mass is 297 g/mol. The highest BCUT2D eigenvalue weighted by Gasteiger charge is 2.26. The fourth-order valence-corrected chi connectivity index (χ4v) is 2.94. The van der Waals surface area contributed by atoms with E-state index in [4.69, 9.17) is 10.00 Å². The summed E-state index contributed by atoms with van der Waals surface area (Å²) in [6, 6.07) is 9.83. The maximum atomic E-state index is 12.2. The van der Waals surface area contributed by atoms with E-state index in [0.29, 0.717) is 11.7 Å². The van der Waals surface area contributed by atoms with Gasteiger partial charge in [-0.3, -0.25) is 4.79 Å². The fourth-order valence-electron chi connectivity index (χ4n) is 2.94. The van der Waals surface area contributed by atoms with Gasteiger partial charge in [0.1, 0.15) is 5.75 Å². The summed E-state index contributed by atoms with van der Waals surface area (Å²) in [5.74, 6) is 0.932. The molecule has 0 amide bonds. The van der Waals surface area contributed by atoms with Gasteiger partial charge in [0, 0.05) is 6.08 Å². The molecular weight excluding hydrogens is 274 g/mol. The Morgan fingerprint density at radius 3 is 2.55 bits per heavy atom. The molecule has 1 saturated carbocycles. The minimum absolute atomic E-state index is 0.0120. The summed E-state index contributed by atoms with van der Waals surface area (Å²) in [6.45, 7) is 2.15. The van der Waals surface area contributed by atoms with Crippen molar-refractivity contribution in [2.24, 2.45) is 11.8 Å². The van der Waals surface area contributed by atoms with Crippen LogP contribution in [0, 0.1) is 23.2 Å². The van der Waals surface area contributed by atoms with Crippen LogP contribution in [0.4, 0.5) is 0 Å². The molecule has 2 rings (SSSR count). The zero-order valence-electron chi connectivity index (χ0n) is 13.1. The van der Waals surface area contributed by atoms with Gasteiger partial charge in [0.2, 0.25) is 0 Å². The topological polar surface area (TPSA) is 50.1 Å². The summed E-state index contributed by atoms with van der Waals surface area (Å²) in [5, 5.41) is 8.54. The molecule has 0 aromatic heterocycles. The van der Waals surface area contributed by atoms with Crippen LogP contribution in [0.3, 0.4) is 0 Å². The maximum Gasteiger partial charge on any atom is 0.314 e. The van der Waals surface area contributed by atoms with Crippen molar-refractivity contribution in [2.45, 2.75) is 45.4 Å². The molecule has 3 nitrogen and oxygen atoms in total. The zero-order chi connectivity index (χ0) is 15.8. The lowest BCUT2D eigenvalue weighted by Gasteiger charge is -2.25. The first-order chi connectivity index (χ1) is 10.7. The third-order valence-corrected chi connectivity index (χ3v) is 4.23. The molecule has 0 aliphatic heterocycles. The molecule has 0 N–H and O–H groups in total. The quantitative estimate of drug-likeness (QED) is 0.459. The number of benzene rings is 1. The first-order valence-corrected chi connectivity index (χ1v) is 8.10. The predicted octanol–water partition coefficient (Wildman–Crippen LogP) is 4.43. The number of ether oxygens (including phenoxy) is 1. The van der Waals surface area contributed by atoms with E-state index in [9.17, 15) is 4.79 Å². The average Bonchev–Trinajstić information content (AvgIpc) is 2.55. The van der Waals surface area contributed by atoms with Crippen LogP contribution in [0.2, 0.25) is 0 Å². The van der Waals surface area contributed by atoms with E-state index < -0.39 is 0 Å². The molecule has 1 fully saturated rings. The Morgan fingerprint density at radius 2 is 1.95 bits per heavy atom. The highest BCUT2D eigenvalue weighted by Crippen LogP contribution is 2.30. The van der Waals surface area contributed by atoms with Crippen molar-refractivity contribution >= 4 is 5.97 Å². The van der Waals surface area contributed by atoms with Gasteiger partial charge < -0.3 is 4.74 Å². The van der Waals surface area contributed by atoms with Gasteiger partial charge in [0.15, 0.2) is 0 Å². The van der Waals surface area contributed by atoms with Crippen molar-refractivity contribution in [3.63, 3.8) is 0 Å². The number of carbonyl (C=O) groups excluding carboxylic acids is 1. The predicted molar refractivity (Wildman–Crippen MR) is 86.3 cm³/mol. The first-order valence-electron chi connectivity index (χ1n) is 8.10. The minimum atomic E-state index is -0.119. The van der Waals surface area contributed by atoms with Crippen LogP contribution in [-0.2, 0) is 11.2 Å². The molecule has 3 heteroatoms. The second-order valence-corrected chi connectivity index (χ2v) is 5.91. The largest absolute Gasteiger partial charge is 0.426 e. The number of nitrogens with zero attached hydrogens (tertiary/aromatic N) is 1. The summed E-state index contributed by atoms with van der Waals surface area (Å²) in [6.07, 6.45) is 9.24. The van der Waals surface area contributed by atoms with Crippen LogP contribution < -0.4 is 4.74 Å². The number of aryl methyl sites for hydroxylation is 1. The van der Waals surface area contributed by atoms with Gasteiger partial charge in [-0.2, -0.15) is 5.26 Å². The zero-order valence-corrected chi connectivity index (χ0v) is 13.1. The van der Waals surface area contributed by atoms with E-state index in [1.807, 2.05) is 36.4 Å². The van der Waals surface area contributed by atoms with Crippen LogP contribution in [0.25, 0.3) is 0 Å². The minimum Gasteiger partial charge on any atom is -0.426 e. The normalized spacial score (nSPS) is 21.5. The number of hydrogen-bond donors (Lipinski definition) is 0. The third-order valence-electron chi connectivity index (χ3n) is 4.23. The SMILES string of the molecule is CCCc1ccc(OC(=O)C2CCC(C=CC#N)CC2)cc1. The molecule has 1 aliphatic carbocycles. The van der Waals surface area contributed by atoms with Crippen molar-refractivity contribution in [2.75, 3.05) is 0 Å². The second-order valence-electron chi connectivity index (χ2n) is 5.91. The maximum absolute atomic E-state index is 12.2. The highest BCUT2D eigenvalue weighted by atomic mass is 16.5. The van der Waals surface area contributed by atoms with Gasteiger partial charge in [-0.15, -0.1) is 0 Å². The van der Waals surface area contributed by atoms with Crippen LogP contribution >= 0.6 is 0 Å². The van der Waals surface area contributed by atoms with E-state index in [1.165, 1.54) is 5.56 Å². The lowest BCUT2D eigenvalue weighted by molar-refractivity contribution is -0.140. The molecule has 1 aromatic rings.